The molecule has 0 aromatic heterocycles. The second kappa shape index (κ2) is 10.1. The molecule has 0 aromatic rings. The first-order valence-electron chi connectivity index (χ1n) is 14.5. The molecule has 210 valence electrons. The fourth-order valence-corrected chi connectivity index (χ4v) is 8.45. The summed E-state index contributed by atoms with van der Waals surface area (Å²) in [6.07, 6.45) is 10.3. The Morgan fingerprint density at radius 2 is 1.76 bits per heavy atom. The maximum atomic E-state index is 12.9. The number of ketones is 2. The Labute approximate surface area is 230 Å². The summed E-state index contributed by atoms with van der Waals surface area (Å²) in [4.78, 5) is 37.9. The van der Waals surface area contributed by atoms with Gasteiger partial charge in [-0.15, -0.1) is 0 Å². The lowest BCUT2D eigenvalue weighted by molar-refractivity contribution is -0.124. The molecule has 1 amide bonds. The maximum absolute atomic E-state index is 12.9. The highest BCUT2D eigenvalue weighted by Gasteiger charge is 2.58. The molecule has 2 fully saturated rings. The van der Waals surface area contributed by atoms with E-state index in [-0.39, 0.29) is 56.7 Å². The zero-order valence-corrected chi connectivity index (χ0v) is 25.5. The standard InChI is InChI=1S/C33H50N2O3/c1-21-18-29(5,6)13-15-33(21,35-24(4)37)16-14-30(7,8)32(10)12-11-26-23(3)28(38)25(20-34)19-31(26,9)27(32)17-22(2)36/h17,19,21,23,26H,11-16,18H2,1-10H3,(H,35,37)/b27-17-/t21?,23-,26-,31-,32+,33-/m0/s1. The van der Waals surface area contributed by atoms with E-state index >= 15 is 0 Å². The highest BCUT2D eigenvalue weighted by Crippen LogP contribution is 2.65. The van der Waals surface area contributed by atoms with Crippen LogP contribution in [-0.2, 0) is 14.4 Å². The van der Waals surface area contributed by atoms with Crippen molar-refractivity contribution in [2.45, 2.75) is 120 Å². The van der Waals surface area contributed by atoms with Crippen molar-refractivity contribution in [1.82, 2.24) is 5.32 Å². The third-order valence-corrected chi connectivity index (χ3v) is 11.3. The van der Waals surface area contributed by atoms with E-state index in [1.165, 1.54) is 0 Å². The molecule has 3 aliphatic carbocycles. The van der Waals surface area contributed by atoms with Gasteiger partial charge in [-0.25, -0.2) is 0 Å². The van der Waals surface area contributed by atoms with Gasteiger partial charge in [-0.2, -0.15) is 5.26 Å². The van der Waals surface area contributed by atoms with Crippen LogP contribution in [0.3, 0.4) is 0 Å². The number of carbonyl (C=O) groups excluding carboxylic acids is 3. The van der Waals surface area contributed by atoms with Crippen LogP contribution in [0.15, 0.2) is 23.3 Å². The molecule has 3 rings (SSSR count). The Kier molecular flexibility index (Phi) is 8.04. The van der Waals surface area contributed by atoms with E-state index in [0.717, 1.165) is 50.5 Å². The second-order valence-corrected chi connectivity index (χ2v) is 14.7. The van der Waals surface area contributed by atoms with Crippen LogP contribution < -0.4 is 5.32 Å². The topological polar surface area (TPSA) is 87.0 Å². The average Bonchev–Trinajstić information content (AvgIpc) is 2.79. The zero-order valence-electron chi connectivity index (χ0n) is 25.5. The van der Waals surface area contributed by atoms with Crippen molar-refractivity contribution in [2.75, 3.05) is 0 Å². The van der Waals surface area contributed by atoms with Crippen LogP contribution in [0.1, 0.15) is 114 Å². The van der Waals surface area contributed by atoms with E-state index in [1.54, 1.807) is 19.9 Å². The van der Waals surface area contributed by atoms with Crippen LogP contribution in [0.4, 0.5) is 0 Å². The van der Waals surface area contributed by atoms with Gasteiger partial charge in [-0.3, -0.25) is 14.4 Å². The van der Waals surface area contributed by atoms with E-state index < -0.39 is 5.41 Å². The van der Waals surface area contributed by atoms with Gasteiger partial charge in [0.05, 0.1) is 5.57 Å². The summed E-state index contributed by atoms with van der Waals surface area (Å²) >= 11 is 0. The van der Waals surface area contributed by atoms with E-state index in [1.807, 2.05) is 13.0 Å². The summed E-state index contributed by atoms with van der Waals surface area (Å²) in [5.41, 5.74) is 0.272. The number of carbonyl (C=O) groups is 3. The first-order valence-corrected chi connectivity index (χ1v) is 14.5. The number of nitriles is 1. The molecule has 0 bridgehead atoms. The van der Waals surface area contributed by atoms with Gasteiger partial charge in [0.1, 0.15) is 6.07 Å². The third kappa shape index (κ3) is 5.17. The Hall–Kier alpha value is -2.22. The highest BCUT2D eigenvalue weighted by molar-refractivity contribution is 6.02. The maximum Gasteiger partial charge on any atom is 0.217 e. The van der Waals surface area contributed by atoms with Crippen LogP contribution in [0.2, 0.25) is 0 Å². The minimum Gasteiger partial charge on any atom is -0.351 e. The van der Waals surface area contributed by atoms with E-state index in [9.17, 15) is 19.6 Å². The zero-order chi connectivity index (χ0) is 28.9. The number of nitrogens with zero attached hydrogens (tertiary/aromatic N) is 1. The van der Waals surface area contributed by atoms with Gasteiger partial charge >= 0.3 is 0 Å². The van der Waals surface area contributed by atoms with Gasteiger partial charge in [-0.05, 0) is 86.0 Å². The molecule has 1 unspecified atom stereocenters. The first-order chi connectivity index (χ1) is 17.3. The lowest BCUT2D eigenvalue weighted by Crippen LogP contribution is -2.57. The van der Waals surface area contributed by atoms with Gasteiger partial charge in [0.15, 0.2) is 11.6 Å². The van der Waals surface area contributed by atoms with Crippen molar-refractivity contribution in [1.29, 1.82) is 5.26 Å². The van der Waals surface area contributed by atoms with Crippen molar-refractivity contribution in [3.05, 3.63) is 23.3 Å². The van der Waals surface area contributed by atoms with Crippen LogP contribution in [0.5, 0.6) is 0 Å². The molecule has 0 heterocycles. The summed E-state index contributed by atoms with van der Waals surface area (Å²) in [6.45, 7) is 21.1. The molecule has 2 saturated carbocycles. The van der Waals surface area contributed by atoms with E-state index in [4.69, 9.17) is 0 Å². The summed E-state index contributed by atoms with van der Waals surface area (Å²) in [7, 11) is 0. The average molecular weight is 523 g/mol. The summed E-state index contributed by atoms with van der Waals surface area (Å²) in [6, 6.07) is 2.14. The number of fused-ring (bicyclic) bond motifs is 1. The predicted molar refractivity (Wildman–Crippen MR) is 152 cm³/mol. The lowest BCUT2D eigenvalue weighted by Gasteiger charge is -2.60. The number of allylic oxidation sites excluding steroid dienone is 4. The predicted octanol–water partition coefficient (Wildman–Crippen LogP) is 7.12. The molecule has 0 aliphatic heterocycles. The van der Waals surface area contributed by atoms with Gasteiger partial charge in [0.25, 0.3) is 0 Å². The smallest absolute Gasteiger partial charge is 0.217 e. The number of amides is 1. The fourth-order valence-electron chi connectivity index (χ4n) is 8.45. The molecule has 5 nitrogen and oxygen atoms in total. The molecule has 38 heavy (non-hydrogen) atoms. The van der Waals surface area contributed by atoms with Gasteiger partial charge in [0.2, 0.25) is 5.91 Å². The molecule has 6 atom stereocenters. The highest BCUT2D eigenvalue weighted by atomic mass is 16.1. The molecular formula is C33H50N2O3. The Bertz CT molecular complexity index is 1110. The van der Waals surface area contributed by atoms with Gasteiger partial charge < -0.3 is 5.32 Å². The monoisotopic (exact) mass is 522 g/mol. The normalized spacial score (nSPS) is 38.1. The van der Waals surface area contributed by atoms with Gasteiger partial charge in [-0.1, -0.05) is 67.0 Å². The van der Waals surface area contributed by atoms with Gasteiger partial charge in [0, 0.05) is 23.8 Å². The molecule has 0 aromatic carbocycles. The number of nitrogens with one attached hydrogen (secondary N) is 1. The molecule has 0 spiro atoms. The van der Waals surface area contributed by atoms with E-state index in [0.29, 0.717) is 5.92 Å². The Morgan fingerprint density at radius 1 is 1.13 bits per heavy atom. The number of hydrogen-bond donors (Lipinski definition) is 1. The van der Waals surface area contributed by atoms with E-state index in [2.05, 4.69) is 59.9 Å². The summed E-state index contributed by atoms with van der Waals surface area (Å²) < 4.78 is 0. The fraction of sp³-hybridized carbons (Fsp3) is 0.758. The Morgan fingerprint density at radius 3 is 2.29 bits per heavy atom. The first kappa shape index (κ1) is 30.3. The second-order valence-electron chi connectivity index (χ2n) is 14.7. The molecular weight excluding hydrogens is 472 g/mol. The van der Waals surface area contributed by atoms with Crippen molar-refractivity contribution in [3.8, 4) is 6.07 Å². The molecule has 0 radical (unpaired) electrons. The van der Waals surface area contributed by atoms with Crippen molar-refractivity contribution in [3.63, 3.8) is 0 Å². The van der Waals surface area contributed by atoms with Crippen molar-refractivity contribution < 1.29 is 14.4 Å². The lowest BCUT2D eigenvalue weighted by atomic mass is 9.44. The summed E-state index contributed by atoms with van der Waals surface area (Å²) in [5, 5.41) is 13.2. The number of hydrogen-bond acceptors (Lipinski definition) is 4. The van der Waals surface area contributed by atoms with Crippen LogP contribution in [0, 0.1) is 50.7 Å². The summed E-state index contributed by atoms with van der Waals surface area (Å²) in [5.74, 6) is 0.126. The number of Topliss-reactive ketones (excluding diaryl/α,β-unsaturated/α-hetero) is 1. The molecule has 0 saturated heterocycles. The quantitative estimate of drug-likeness (QED) is 0.376. The van der Waals surface area contributed by atoms with Crippen LogP contribution in [0.25, 0.3) is 0 Å². The van der Waals surface area contributed by atoms with Crippen molar-refractivity contribution >= 4 is 17.5 Å². The molecule has 3 aliphatic rings. The third-order valence-electron chi connectivity index (χ3n) is 11.3. The van der Waals surface area contributed by atoms with Crippen LogP contribution >= 0.6 is 0 Å². The SMILES string of the molecule is CC(=O)/C=C1/[C@@]2(C)C=C(C#N)C(=O)[C@@H](C)[C@@H]2CC[C@@]1(C)C(C)(C)CC[C@@]1(NC(C)=O)CCC(C)(C)CC1C. The molecule has 5 heteroatoms. The minimum absolute atomic E-state index is 0.00166. The number of rotatable bonds is 6. The minimum atomic E-state index is -0.536. The van der Waals surface area contributed by atoms with Crippen molar-refractivity contribution in [2.24, 2.45) is 39.4 Å². The van der Waals surface area contributed by atoms with Crippen LogP contribution in [-0.4, -0.2) is 23.0 Å². The molecule has 1 N–H and O–H groups in total. The Balaban J connectivity index is 2.04. The largest absolute Gasteiger partial charge is 0.351 e.